The molecule has 1 aromatic rings. The van der Waals surface area contributed by atoms with Crippen molar-refractivity contribution in [3.8, 4) is 11.9 Å². The molecule has 72 valence electrons. The Hall–Kier alpha value is -1.56. The fourth-order valence-electron chi connectivity index (χ4n) is 1.61. The Morgan fingerprint density at radius 1 is 1.64 bits per heavy atom. The number of nitriles is 1. The lowest BCUT2D eigenvalue weighted by atomic mass is 9.97. The lowest BCUT2D eigenvalue weighted by molar-refractivity contribution is 0.397. The van der Waals surface area contributed by atoms with E-state index >= 15 is 0 Å². The Balaban J connectivity index is 2.25. The maximum atomic E-state index is 9.04. The molecule has 3 nitrogen and oxygen atoms in total. The van der Waals surface area contributed by atoms with Gasteiger partial charge in [-0.2, -0.15) is 5.26 Å². The van der Waals surface area contributed by atoms with Gasteiger partial charge in [0.25, 0.3) is 0 Å². The highest BCUT2D eigenvalue weighted by Crippen LogP contribution is 2.42. The van der Waals surface area contributed by atoms with Gasteiger partial charge in [0.2, 0.25) is 5.88 Å². The maximum Gasteiger partial charge on any atom is 0.213 e. The lowest BCUT2D eigenvalue weighted by Gasteiger charge is -2.08. The SMILES string of the molecule is COc1cc(C(C#N)C2CC2)ccn1. The molecule has 0 amide bonds. The van der Waals surface area contributed by atoms with Gasteiger partial charge in [-0.05, 0) is 30.4 Å². The first-order valence-electron chi connectivity index (χ1n) is 4.74. The van der Waals surface area contributed by atoms with E-state index in [9.17, 15) is 0 Å². The van der Waals surface area contributed by atoms with Crippen LogP contribution in [0.2, 0.25) is 0 Å². The summed E-state index contributed by atoms with van der Waals surface area (Å²) < 4.78 is 5.03. The zero-order valence-electron chi connectivity index (χ0n) is 8.10. The quantitative estimate of drug-likeness (QED) is 0.729. The van der Waals surface area contributed by atoms with Crippen molar-refractivity contribution in [1.29, 1.82) is 5.26 Å². The van der Waals surface area contributed by atoms with E-state index in [1.54, 1.807) is 13.3 Å². The number of rotatable bonds is 3. The van der Waals surface area contributed by atoms with E-state index < -0.39 is 0 Å². The van der Waals surface area contributed by atoms with Crippen LogP contribution in [0.4, 0.5) is 0 Å². The number of pyridine rings is 1. The van der Waals surface area contributed by atoms with Crippen molar-refractivity contribution < 1.29 is 4.74 Å². The van der Waals surface area contributed by atoms with E-state index in [4.69, 9.17) is 10.00 Å². The summed E-state index contributed by atoms with van der Waals surface area (Å²) in [6.45, 7) is 0. The van der Waals surface area contributed by atoms with Crippen molar-refractivity contribution in [3.05, 3.63) is 23.9 Å². The largest absolute Gasteiger partial charge is 0.481 e. The summed E-state index contributed by atoms with van der Waals surface area (Å²) in [5.74, 6) is 1.16. The number of methoxy groups -OCH3 is 1. The lowest BCUT2D eigenvalue weighted by Crippen LogP contribution is -1.99. The molecular weight excluding hydrogens is 176 g/mol. The van der Waals surface area contributed by atoms with E-state index in [1.165, 1.54) is 12.8 Å². The van der Waals surface area contributed by atoms with Gasteiger partial charge in [-0.15, -0.1) is 0 Å². The first-order chi connectivity index (χ1) is 6.85. The zero-order valence-corrected chi connectivity index (χ0v) is 8.10. The molecular formula is C11H12N2O. The van der Waals surface area contributed by atoms with Crippen LogP contribution in [-0.2, 0) is 0 Å². The fourth-order valence-corrected chi connectivity index (χ4v) is 1.61. The number of hydrogen-bond donors (Lipinski definition) is 0. The van der Waals surface area contributed by atoms with Gasteiger partial charge in [-0.1, -0.05) is 0 Å². The van der Waals surface area contributed by atoms with Gasteiger partial charge >= 0.3 is 0 Å². The Labute approximate surface area is 83.3 Å². The van der Waals surface area contributed by atoms with Crippen LogP contribution in [0, 0.1) is 17.2 Å². The third-order valence-corrected chi connectivity index (χ3v) is 2.56. The predicted octanol–water partition coefficient (Wildman–Crippen LogP) is 2.11. The van der Waals surface area contributed by atoms with Gasteiger partial charge in [0.1, 0.15) is 0 Å². The molecule has 0 aliphatic heterocycles. The smallest absolute Gasteiger partial charge is 0.213 e. The van der Waals surface area contributed by atoms with E-state index in [1.807, 2.05) is 12.1 Å². The molecule has 1 atom stereocenters. The van der Waals surface area contributed by atoms with Gasteiger partial charge in [-0.25, -0.2) is 4.98 Å². The molecule has 0 radical (unpaired) electrons. The van der Waals surface area contributed by atoms with Crippen LogP contribution in [-0.4, -0.2) is 12.1 Å². The van der Waals surface area contributed by atoms with Crippen molar-refractivity contribution >= 4 is 0 Å². The highest BCUT2D eigenvalue weighted by Gasteiger charge is 2.32. The normalized spacial score (nSPS) is 17.1. The molecule has 1 aliphatic carbocycles. The number of nitrogens with zero attached hydrogens (tertiary/aromatic N) is 2. The fraction of sp³-hybridized carbons (Fsp3) is 0.455. The van der Waals surface area contributed by atoms with Crippen molar-refractivity contribution in [2.45, 2.75) is 18.8 Å². The van der Waals surface area contributed by atoms with Gasteiger partial charge in [-0.3, -0.25) is 0 Å². The number of aromatic nitrogens is 1. The molecule has 0 bridgehead atoms. The Morgan fingerprint density at radius 3 is 3.00 bits per heavy atom. The molecule has 0 spiro atoms. The first kappa shape index (κ1) is 9.01. The standard InChI is InChI=1S/C11H12N2O/c1-14-11-6-9(4-5-13-11)10(7-12)8-2-3-8/h4-6,8,10H,2-3H2,1H3. The zero-order chi connectivity index (χ0) is 9.97. The van der Waals surface area contributed by atoms with Crippen LogP contribution in [0.5, 0.6) is 5.88 Å². The molecule has 1 saturated carbocycles. The molecule has 0 aromatic carbocycles. The van der Waals surface area contributed by atoms with E-state index in [0.717, 1.165) is 5.56 Å². The van der Waals surface area contributed by atoms with Crippen LogP contribution in [0.1, 0.15) is 24.3 Å². The van der Waals surface area contributed by atoms with Crippen LogP contribution >= 0.6 is 0 Å². The highest BCUT2D eigenvalue weighted by molar-refractivity contribution is 5.30. The summed E-state index contributed by atoms with van der Waals surface area (Å²) in [5, 5.41) is 9.04. The minimum absolute atomic E-state index is 0.0203. The Morgan fingerprint density at radius 2 is 2.43 bits per heavy atom. The monoisotopic (exact) mass is 188 g/mol. The van der Waals surface area contributed by atoms with Gasteiger partial charge in [0.15, 0.2) is 0 Å². The van der Waals surface area contributed by atoms with Crippen molar-refractivity contribution in [1.82, 2.24) is 4.98 Å². The summed E-state index contributed by atoms with van der Waals surface area (Å²) >= 11 is 0. The van der Waals surface area contributed by atoms with E-state index in [2.05, 4.69) is 11.1 Å². The molecule has 1 unspecified atom stereocenters. The maximum absolute atomic E-state index is 9.04. The summed E-state index contributed by atoms with van der Waals surface area (Å²) in [6, 6.07) is 6.10. The second kappa shape index (κ2) is 3.67. The number of ether oxygens (including phenoxy) is 1. The number of hydrogen-bond acceptors (Lipinski definition) is 3. The molecule has 0 N–H and O–H groups in total. The van der Waals surface area contributed by atoms with Crippen LogP contribution in [0.15, 0.2) is 18.3 Å². The topological polar surface area (TPSA) is 45.9 Å². The predicted molar refractivity (Wildman–Crippen MR) is 51.9 cm³/mol. The molecule has 1 aromatic heterocycles. The van der Waals surface area contributed by atoms with Gasteiger partial charge in [0, 0.05) is 12.3 Å². The molecule has 2 rings (SSSR count). The molecule has 1 fully saturated rings. The highest BCUT2D eigenvalue weighted by atomic mass is 16.5. The summed E-state index contributed by atoms with van der Waals surface area (Å²) in [6.07, 6.45) is 4.03. The second-order valence-corrected chi connectivity index (χ2v) is 3.58. The summed E-state index contributed by atoms with van der Waals surface area (Å²) in [4.78, 5) is 4.02. The third kappa shape index (κ3) is 1.69. The Kier molecular flexibility index (Phi) is 2.36. The summed E-state index contributed by atoms with van der Waals surface area (Å²) in [7, 11) is 1.59. The van der Waals surface area contributed by atoms with Gasteiger partial charge in [0.05, 0.1) is 19.1 Å². The van der Waals surface area contributed by atoms with Gasteiger partial charge < -0.3 is 4.74 Å². The minimum atomic E-state index is 0.0203. The third-order valence-electron chi connectivity index (χ3n) is 2.56. The molecule has 1 aliphatic rings. The Bertz CT molecular complexity index is 366. The molecule has 3 heteroatoms. The van der Waals surface area contributed by atoms with Crippen LogP contribution in [0.25, 0.3) is 0 Å². The van der Waals surface area contributed by atoms with E-state index in [0.29, 0.717) is 11.8 Å². The minimum Gasteiger partial charge on any atom is -0.481 e. The van der Waals surface area contributed by atoms with Crippen LogP contribution < -0.4 is 4.74 Å². The first-order valence-corrected chi connectivity index (χ1v) is 4.74. The second-order valence-electron chi connectivity index (χ2n) is 3.58. The van der Waals surface area contributed by atoms with E-state index in [-0.39, 0.29) is 5.92 Å². The molecule has 14 heavy (non-hydrogen) atoms. The molecule has 1 heterocycles. The van der Waals surface area contributed by atoms with Crippen molar-refractivity contribution in [2.24, 2.45) is 5.92 Å². The average molecular weight is 188 g/mol. The van der Waals surface area contributed by atoms with Crippen molar-refractivity contribution in [2.75, 3.05) is 7.11 Å². The van der Waals surface area contributed by atoms with Crippen molar-refractivity contribution in [3.63, 3.8) is 0 Å². The molecule has 0 saturated heterocycles. The average Bonchev–Trinajstić information content (AvgIpc) is 3.04. The summed E-state index contributed by atoms with van der Waals surface area (Å²) in [5.41, 5.74) is 1.03. The van der Waals surface area contributed by atoms with Crippen LogP contribution in [0.3, 0.4) is 0 Å².